The summed E-state index contributed by atoms with van der Waals surface area (Å²) in [5, 5.41) is 14.1. The fourth-order valence-electron chi connectivity index (χ4n) is 2.33. The van der Waals surface area contributed by atoms with Crippen molar-refractivity contribution in [1.82, 2.24) is 5.32 Å². The molecular weight excluding hydrogens is 338 g/mol. The minimum Gasteiger partial charge on any atom is -0.300 e. The van der Waals surface area contributed by atoms with Crippen LogP contribution in [0.5, 0.6) is 0 Å². The van der Waals surface area contributed by atoms with Crippen molar-refractivity contribution in [2.75, 3.05) is 0 Å². The molecule has 0 aromatic heterocycles. The first-order valence-electron chi connectivity index (χ1n) is 7.54. The largest absolute Gasteiger partial charge is 0.300 e. The Labute approximate surface area is 148 Å². The highest BCUT2D eigenvalue weighted by Gasteiger charge is 2.24. The van der Waals surface area contributed by atoms with Crippen LogP contribution in [0, 0.1) is 24.0 Å². The molecule has 0 atom stereocenters. The van der Waals surface area contributed by atoms with Gasteiger partial charge in [-0.1, -0.05) is 24.3 Å². The van der Waals surface area contributed by atoms with Gasteiger partial charge in [-0.05, 0) is 54.4 Å². The highest BCUT2D eigenvalue weighted by atomic mass is 32.2. The van der Waals surface area contributed by atoms with Crippen LogP contribution >= 0.6 is 11.8 Å². The summed E-state index contributed by atoms with van der Waals surface area (Å²) >= 11 is 1.22. The predicted molar refractivity (Wildman–Crippen MR) is 99.8 cm³/mol. The van der Waals surface area contributed by atoms with E-state index in [1.807, 2.05) is 32.0 Å². The second kappa shape index (κ2) is 6.90. The number of carbonyl (C=O) groups is 1. The lowest BCUT2D eigenvalue weighted by atomic mass is 10.1. The first-order valence-corrected chi connectivity index (χ1v) is 8.36. The number of non-ortho nitro benzene ring substituents is 1. The average molecular weight is 353 g/mol. The fraction of sp³-hybridized carbons (Fsp3) is 0.111. The lowest BCUT2D eigenvalue weighted by Gasteiger charge is -2.04. The van der Waals surface area contributed by atoms with Gasteiger partial charge in [-0.25, -0.2) is 4.99 Å². The molecule has 0 aliphatic carbocycles. The molecule has 3 rings (SSSR count). The molecule has 1 fully saturated rings. The Morgan fingerprint density at radius 2 is 1.96 bits per heavy atom. The Balaban J connectivity index is 1.87. The maximum absolute atomic E-state index is 12.1. The van der Waals surface area contributed by atoms with E-state index in [1.165, 1.54) is 23.9 Å². The van der Waals surface area contributed by atoms with Gasteiger partial charge in [-0.2, -0.15) is 0 Å². The van der Waals surface area contributed by atoms with Crippen LogP contribution < -0.4 is 5.32 Å². The third-order valence-corrected chi connectivity index (χ3v) is 4.74. The van der Waals surface area contributed by atoms with Gasteiger partial charge in [0, 0.05) is 12.1 Å². The fourth-order valence-corrected chi connectivity index (χ4v) is 3.16. The summed E-state index contributed by atoms with van der Waals surface area (Å²) in [6, 6.07) is 12.0. The van der Waals surface area contributed by atoms with Crippen molar-refractivity contribution >= 4 is 40.3 Å². The van der Waals surface area contributed by atoms with Gasteiger partial charge in [0.15, 0.2) is 5.17 Å². The van der Waals surface area contributed by atoms with Crippen molar-refractivity contribution in [3.05, 3.63) is 74.2 Å². The van der Waals surface area contributed by atoms with Crippen molar-refractivity contribution < 1.29 is 9.72 Å². The molecule has 1 amide bonds. The number of carbonyl (C=O) groups excluding carboxylic acids is 1. The number of rotatable bonds is 3. The maximum atomic E-state index is 12.1. The molecular formula is C18H15N3O3S. The molecule has 1 saturated heterocycles. The molecule has 0 radical (unpaired) electrons. The molecule has 1 aliphatic rings. The number of amides is 1. The zero-order valence-electron chi connectivity index (χ0n) is 13.6. The maximum Gasteiger partial charge on any atom is 0.270 e. The monoisotopic (exact) mass is 353 g/mol. The zero-order chi connectivity index (χ0) is 18.0. The number of thioether (sulfide) groups is 1. The number of nitrogens with zero attached hydrogens (tertiary/aromatic N) is 2. The van der Waals surface area contributed by atoms with Gasteiger partial charge >= 0.3 is 0 Å². The third kappa shape index (κ3) is 3.77. The quantitative estimate of drug-likeness (QED) is 0.511. The smallest absolute Gasteiger partial charge is 0.270 e. The number of benzene rings is 2. The number of hydrogen-bond acceptors (Lipinski definition) is 5. The summed E-state index contributed by atoms with van der Waals surface area (Å²) in [5.41, 5.74) is 3.57. The number of hydrogen-bond donors (Lipinski definition) is 1. The van der Waals surface area contributed by atoms with Gasteiger partial charge in [0.2, 0.25) is 0 Å². The SMILES string of the molecule is Cc1cccc(N=C2NC(=O)/C(=C\c3cccc([N+](=O)[O-])c3)S2)c1C. The molecule has 126 valence electrons. The lowest BCUT2D eigenvalue weighted by molar-refractivity contribution is -0.384. The van der Waals surface area contributed by atoms with Crippen LogP contribution in [0.25, 0.3) is 6.08 Å². The van der Waals surface area contributed by atoms with Gasteiger partial charge in [0.1, 0.15) is 0 Å². The molecule has 25 heavy (non-hydrogen) atoms. The number of aryl methyl sites for hydroxylation is 1. The molecule has 1 aliphatic heterocycles. The van der Waals surface area contributed by atoms with Gasteiger partial charge < -0.3 is 5.32 Å². The second-order valence-electron chi connectivity index (χ2n) is 5.55. The van der Waals surface area contributed by atoms with Crippen LogP contribution in [0.1, 0.15) is 16.7 Å². The topological polar surface area (TPSA) is 84.6 Å². The summed E-state index contributed by atoms with van der Waals surface area (Å²) < 4.78 is 0. The molecule has 6 nitrogen and oxygen atoms in total. The van der Waals surface area contributed by atoms with Crippen molar-refractivity contribution in [2.24, 2.45) is 4.99 Å². The number of aliphatic imine (C=N–C) groups is 1. The van der Waals surface area contributed by atoms with E-state index in [4.69, 9.17) is 0 Å². The summed E-state index contributed by atoms with van der Waals surface area (Å²) in [6.07, 6.45) is 1.62. The first kappa shape index (κ1) is 16.9. The van der Waals surface area contributed by atoms with Crippen molar-refractivity contribution in [3.8, 4) is 0 Å². The molecule has 2 aromatic carbocycles. The van der Waals surface area contributed by atoms with Gasteiger partial charge in [0.05, 0.1) is 15.5 Å². The molecule has 7 heteroatoms. The van der Waals surface area contributed by atoms with Crippen molar-refractivity contribution in [1.29, 1.82) is 0 Å². The molecule has 0 saturated carbocycles. The van der Waals surface area contributed by atoms with Crippen molar-refractivity contribution in [2.45, 2.75) is 13.8 Å². The Bertz CT molecular complexity index is 935. The number of amidine groups is 1. The van der Waals surface area contributed by atoms with Crippen LogP contribution in [0.2, 0.25) is 0 Å². The Morgan fingerprint density at radius 3 is 2.72 bits per heavy atom. The highest BCUT2D eigenvalue weighted by molar-refractivity contribution is 8.18. The van der Waals surface area contributed by atoms with Crippen LogP contribution in [-0.4, -0.2) is 16.0 Å². The van der Waals surface area contributed by atoms with Gasteiger partial charge in [0.25, 0.3) is 11.6 Å². The van der Waals surface area contributed by atoms with Crippen LogP contribution in [0.3, 0.4) is 0 Å². The number of nitro benzene ring substituents is 1. The van der Waals surface area contributed by atoms with E-state index in [1.54, 1.807) is 18.2 Å². The zero-order valence-corrected chi connectivity index (χ0v) is 14.5. The minimum atomic E-state index is -0.461. The Morgan fingerprint density at radius 1 is 1.20 bits per heavy atom. The number of nitro groups is 1. The number of nitrogens with one attached hydrogen (secondary N) is 1. The predicted octanol–water partition coefficient (Wildman–Crippen LogP) is 4.10. The van der Waals surface area contributed by atoms with E-state index in [-0.39, 0.29) is 11.6 Å². The Hall–Kier alpha value is -2.93. The molecule has 0 bridgehead atoms. The van der Waals surface area contributed by atoms with Crippen molar-refractivity contribution in [3.63, 3.8) is 0 Å². The van der Waals surface area contributed by atoms with Crippen LogP contribution in [0.15, 0.2) is 52.4 Å². The van der Waals surface area contributed by atoms with E-state index >= 15 is 0 Å². The highest BCUT2D eigenvalue weighted by Crippen LogP contribution is 2.30. The summed E-state index contributed by atoms with van der Waals surface area (Å²) in [7, 11) is 0. The van der Waals surface area contributed by atoms with E-state index in [0.717, 1.165) is 16.8 Å². The van der Waals surface area contributed by atoms with Crippen LogP contribution in [0.4, 0.5) is 11.4 Å². The standard InChI is InChI=1S/C18H15N3O3S/c1-11-5-3-8-15(12(11)2)19-18-20-17(22)16(25-18)10-13-6-4-7-14(9-13)21(23)24/h3-10H,1-2H3,(H,19,20,22)/b16-10+. The molecule has 0 unspecified atom stereocenters. The Kier molecular flexibility index (Phi) is 4.67. The molecule has 1 heterocycles. The summed E-state index contributed by atoms with van der Waals surface area (Å²) in [6.45, 7) is 3.99. The molecule has 0 spiro atoms. The second-order valence-corrected chi connectivity index (χ2v) is 6.58. The van der Waals surface area contributed by atoms with E-state index < -0.39 is 4.92 Å². The lowest BCUT2D eigenvalue weighted by Crippen LogP contribution is -2.19. The molecule has 2 aromatic rings. The summed E-state index contributed by atoms with van der Waals surface area (Å²) in [4.78, 5) is 27.5. The van der Waals surface area contributed by atoms with E-state index in [0.29, 0.717) is 15.6 Å². The minimum absolute atomic E-state index is 0.0120. The van der Waals surface area contributed by atoms with E-state index in [2.05, 4.69) is 10.3 Å². The average Bonchev–Trinajstić information content (AvgIpc) is 2.91. The third-order valence-electron chi connectivity index (χ3n) is 3.83. The van der Waals surface area contributed by atoms with Crippen LogP contribution in [-0.2, 0) is 4.79 Å². The molecule has 1 N–H and O–H groups in total. The normalized spacial score (nSPS) is 17.1. The summed E-state index contributed by atoms with van der Waals surface area (Å²) in [5.74, 6) is -0.263. The van der Waals surface area contributed by atoms with E-state index in [9.17, 15) is 14.9 Å². The van der Waals surface area contributed by atoms with Gasteiger partial charge in [-0.15, -0.1) is 0 Å². The van der Waals surface area contributed by atoms with Gasteiger partial charge in [-0.3, -0.25) is 14.9 Å². The first-order chi connectivity index (χ1) is 11.9.